The minimum absolute atomic E-state index is 0.208. The second kappa shape index (κ2) is 8.06. The Morgan fingerprint density at radius 3 is 2.71 bits per heavy atom. The molecule has 0 spiro atoms. The summed E-state index contributed by atoms with van der Waals surface area (Å²) >= 11 is 3.29. The number of carbonyl (C=O) groups excluding carboxylic acids is 1. The molecule has 0 saturated carbocycles. The summed E-state index contributed by atoms with van der Waals surface area (Å²) in [6, 6.07) is 10.0. The third-order valence-electron chi connectivity index (χ3n) is 3.85. The zero-order valence-electron chi connectivity index (χ0n) is 13.9. The molecule has 0 N–H and O–H groups in total. The van der Waals surface area contributed by atoms with Crippen LogP contribution in [0.25, 0.3) is 0 Å². The summed E-state index contributed by atoms with van der Waals surface area (Å²) in [5, 5.41) is 0. The molecule has 1 saturated heterocycles. The molecule has 0 radical (unpaired) electrons. The van der Waals surface area contributed by atoms with Crippen molar-refractivity contribution < 1.29 is 19.0 Å². The quantitative estimate of drug-likeness (QED) is 0.717. The standard InChI is InChI=1S/C18H22O4S2/c1-18(2)21-12-14(22-18)16(17-15(10-19)23-8-9-24-17)20-11-13-6-4-3-5-7-13/h3-7,10,14,16H,8-9,11-12H2,1-2H3/t14-,16+/m0/s1. The molecule has 0 bridgehead atoms. The van der Waals surface area contributed by atoms with E-state index in [0.29, 0.717) is 13.2 Å². The predicted octanol–water partition coefficient (Wildman–Crippen LogP) is 3.61. The summed E-state index contributed by atoms with van der Waals surface area (Å²) in [4.78, 5) is 13.2. The van der Waals surface area contributed by atoms with Gasteiger partial charge < -0.3 is 14.2 Å². The number of thioether (sulfide) groups is 2. The van der Waals surface area contributed by atoms with Gasteiger partial charge in [0.2, 0.25) is 0 Å². The number of hydrogen-bond donors (Lipinski definition) is 0. The molecule has 2 aliphatic rings. The summed E-state index contributed by atoms with van der Waals surface area (Å²) in [6.07, 6.45) is 0.441. The Hall–Kier alpha value is -0.790. The fraction of sp³-hybridized carbons (Fsp3) is 0.500. The molecule has 0 aliphatic carbocycles. The Bertz CT molecular complexity index is 600. The van der Waals surface area contributed by atoms with Gasteiger partial charge in [0.05, 0.1) is 18.1 Å². The van der Waals surface area contributed by atoms with Gasteiger partial charge in [0.1, 0.15) is 12.2 Å². The van der Waals surface area contributed by atoms with E-state index in [4.69, 9.17) is 14.2 Å². The summed E-state index contributed by atoms with van der Waals surface area (Å²) in [5.74, 6) is 1.30. The lowest BCUT2D eigenvalue weighted by Crippen LogP contribution is -2.35. The van der Waals surface area contributed by atoms with Crippen molar-refractivity contribution in [1.82, 2.24) is 0 Å². The van der Waals surface area contributed by atoms with Gasteiger partial charge in [-0.3, -0.25) is 4.79 Å². The molecule has 0 unspecified atom stereocenters. The molecular formula is C18H22O4S2. The molecular weight excluding hydrogens is 344 g/mol. The maximum atomic E-state index is 11.5. The molecule has 0 amide bonds. The van der Waals surface area contributed by atoms with Crippen LogP contribution < -0.4 is 0 Å². The van der Waals surface area contributed by atoms with E-state index in [-0.39, 0.29) is 12.2 Å². The zero-order chi connectivity index (χ0) is 17.0. The third kappa shape index (κ3) is 4.43. The lowest BCUT2D eigenvalue weighted by atomic mass is 10.2. The van der Waals surface area contributed by atoms with Gasteiger partial charge in [-0.25, -0.2) is 0 Å². The minimum Gasteiger partial charge on any atom is -0.365 e. The van der Waals surface area contributed by atoms with E-state index >= 15 is 0 Å². The van der Waals surface area contributed by atoms with E-state index in [9.17, 15) is 4.79 Å². The van der Waals surface area contributed by atoms with Crippen molar-refractivity contribution in [2.75, 3.05) is 18.1 Å². The lowest BCUT2D eigenvalue weighted by Gasteiger charge is -2.29. The van der Waals surface area contributed by atoms with Crippen molar-refractivity contribution >= 4 is 29.8 Å². The van der Waals surface area contributed by atoms with Gasteiger partial charge in [-0.1, -0.05) is 30.3 Å². The van der Waals surface area contributed by atoms with Gasteiger partial charge in [-0.2, -0.15) is 0 Å². The molecule has 3 rings (SSSR count). The fourth-order valence-electron chi connectivity index (χ4n) is 2.74. The van der Waals surface area contributed by atoms with Crippen molar-refractivity contribution in [1.29, 1.82) is 0 Å². The van der Waals surface area contributed by atoms with Crippen molar-refractivity contribution in [2.45, 2.75) is 38.4 Å². The summed E-state index contributed by atoms with van der Waals surface area (Å²) < 4.78 is 18.0. The van der Waals surface area contributed by atoms with E-state index in [1.165, 1.54) is 0 Å². The van der Waals surface area contributed by atoms with E-state index in [1.807, 2.05) is 44.2 Å². The molecule has 2 heterocycles. The number of aldehydes is 1. The van der Waals surface area contributed by atoms with Crippen LogP contribution in [0.1, 0.15) is 19.4 Å². The average Bonchev–Trinajstić information content (AvgIpc) is 2.96. The Kier molecular flexibility index (Phi) is 6.05. The molecule has 1 aromatic rings. The Morgan fingerprint density at radius 1 is 1.29 bits per heavy atom. The van der Waals surface area contributed by atoms with Gasteiger partial charge in [-0.05, 0) is 19.4 Å². The van der Waals surface area contributed by atoms with Gasteiger partial charge in [0, 0.05) is 16.4 Å². The predicted molar refractivity (Wildman–Crippen MR) is 97.9 cm³/mol. The van der Waals surface area contributed by atoms with Crippen LogP contribution in [0.15, 0.2) is 40.1 Å². The van der Waals surface area contributed by atoms with Crippen LogP contribution in [0, 0.1) is 0 Å². The first-order chi connectivity index (χ1) is 11.6. The number of benzene rings is 1. The SMILES string of the molecule is CC1(C)OC[C@@H]([C@@H](OCc2ccccc2)C2=C(C=O)SCCS2)O1. The monoisotopic (exact) mass is 366 g/mol. The number of allylic oxidation sites excluding steroid dienone is 1. The largest absolute Gasteiger partial charge is 0.365 e. The third-order valence-corrected chi connectivity index (χ3v) is 6.44. The molecule has 4 nitrogen and oxygen atoms in total. The number of ether oxygens (including phenoxy) is 3. The number of hydrogen-bond acceptors (Lipinski definition) is 6. The molecule has 1 aromatic carbocycles. The van der Waals surface area contributed by atoms with Crippen molar-refractivity contribution in [3.05, 3.63) is 45.7 Å². The summed E-state index contributed by atoms with van der Waals surface area (Å²) in [7, 11) is 0. The second-order valence-corrected chi connectivity index (χ2v) is 8.40. The van der Waals surface area contributed by atoms with Crippen LogP contribution in [0.2, 0.25) is 0 Å². The first kappa shape index (κ1) is 18.0. The van der Waals surface area contributed by atoms with Crippen LogP contribution in [-0.2, 0) is 25.6 Å². The van der Waals surface area contributed by atoms with E-state index in [0.717, 1.165) is 33.2 Å². The van der Waals surface area contributed by atoms with Crippen molar-refractivity contribution in [2.24, 2.45) is 0 Å². The first-order valence-electron chi connectivity index (χ1n) is 8.01. The maximum Gasteiger partial charge on any atom is 0.163 e. The van der Waals surface area contributed by atoms with Gasteiger partial charge in [0.25, 0.3) is 0 Å². The molecule has 24 heavy (non-hydrogen) atoms. The normalized spacial score (nSPS) is 24.8. The van der Waals surface area contributed by atoms with Crippen LogP contribution >= 0.6 is 23.5 Å². The highest BCUT2D eigenvalue weighted by molar-refractivity contribution is 8.10. The van der Waals surface area contributed by atoms with Crippen LogP contribution in [-0.4, -0.2) is 42.4 Å². The molecule has 1 fully saturated rings. The molecule has 6 heteroatoms. The molecule has 2 aliphatic heterocycles. The number of carbonyl (C=O) groups is 1. The van der Waals surface area contributed by atoms with Gasteiger partial charge >= 0.3 is 0 Å². The van der Waals surface area contributed by atoms with Crippen molar-refractivity contribution in [3.8, 4) is 0 Å². The van der Waals surface area contributed by atoms with Gasteiger partial charge in [-0.15, -0.1) is 23.5 Å². The lowest BCUT2D eigenvalue weighted by molar-refractivity contribution is -0.153. The van der Waals surface area contributed by atoms with Crippen molar-refractivity contribution in [3.63, 3.8) is 0 Å². The fourth-order valence-corrected chi connectivity index (χ4v) is 5.10. The second-order valence-electron chi connectivity index (χ2n) is 6.13. The zero-order valence-corrected chi connectivity index (χ0v) is 15.5. The average molecular weight is 367 g/mol. The summed E-state index contributed by atoms with van der Waals surface area (Å²) in [6.45, 7) is 4.75. The van der Waals surface area contributed by atoms with Gasteiger partial charge in [0.15, 0.2) is 12.1 Å². The Labute approximate surface area is 151 Å². The van der Waals surface area contributed by atoms with Crippen LogP contribution in [0.5, 0.6) is 0 Å². The molecule has 2 atom stereocenters. The number of rotatable bonds is 6. The summed E-state index contributed by atoms with van der Waals surface area (Å²) in [5.41, 5.74) is 1.10. The molecule has 0 aromatic heterocycles. The topological polar surface area (TPSA) is 44.8 Å². The highest BCUT2D eigenvalue weighted by Crippen LogP contribution is 2.40. The van der Waals surface area contributed by atoms with Crippen LogP contribution in [0.4, 0.5) is 0 Å². The first-order valence-corrected chi connectivity index (χ1v) is 9.98. The molecule has 130 valence electrons. The van der Waals surface area contributed by atoms with E-state index < -0.39 is 5.79 Å². The highest BCUT2D eigenvalue weighted by atomic mass is 32.2. The minimum atomic E-state index is -0.618. The van der Waals surface area contributed by atoms with E-state index in [2.05, 4.69) is 0 Å². The highest BCUT2D eigenvalue weighted by Gasteiger charge is 2.41. The Morgan fingerprint density at radius 2 is 2.04 bits per heavy atom. The Balaban J connectivity index is 1.81. The smallest absolute Gasteiger partial charge is 0.163 e. The van der Waals surface area contributed by atoms with Crippen LogP contribution in [0.3, 0.4) is 0 Å². The van der Waals surface area contributed by atoms with E-state index in [1.54, 1.807) is 23.5 Å². The maximum absolute atomic E-state index is 11.5.